The Morgan fingerprint density at radius 2 is 2.07 bits per heavy atom. The predicted octanol–water partition coefficient (Wildman–Crippen LogP) is 1.94. The third-order valence-corrected chi connectivity index (χ3v) is 2.37. The van der Waals surface area contributed by atoms with E-state index in [1.807, 2.05) is 12.1 Å². The van der Waals surface area contributed by atoms with Crippen LogP contribution in [0.25, 0.3) is 0 Å². The molecule has 2 nitrogen and oxygen atoms in total. The van der Waals surface area contributed by atoms with Crippen LogP contribution in [0.2, 0.25) is 0 Å². The normalized spacial score (nSPS) is 9.14. The second kappa shape index (κ2) is 5.46. The second-order valence-electron chi connectivity index (χ2n) is 2.72. The quantitative estimate of drug-likeness (QED) is 0.646. The van der Waals surface area contributed by atoms with Crippen molar-refractivity contribution in [1.29, 1.82) is 0 Å². The number of rotatable bonds is 3. The van der Waals surface area contributed by atoms with E-state index in [9.17, 15) is 4.79 Å². The topological polar surface area (TPSA) is 29.1 Å². The van der Waals surface area contributed by atoms with Crippen molar-refractivity contribution in [2.75, 3.05) is 6.54 Å². The lowest BCUT2D eigenvalue weighted by Crippen LogP contribution is -2.23. The van der Waals surface area contributed by atoms with Crippen molar-refractivity contribution in [3.05, 3.63) is 35.4 Å². The maximum Gasteiger partial charge on any atom is 0.252 e. The molecule has 0 fully saturated rings. The maximum atomic E-state index is 11.4. The molecule has 0 atom stereocenters. The molecule has 1 rings (SSSR count). The molecule has 1 aromatic rings. The molecule has 14 heavy (non-hydrogen) atoms. The van der Waals surface area contributed by atoms with E-state index in [4.69, 9.17) is 6.42 Å². The Balaban J connectivity index is 2.67. The summed E-state index contributed by atoms with van der Waals surface area (Å²) < 4.78 is 0. The van der Waals surface area contributed by atoms with Gasteiger partial charge in [-0.25, -0.2) is 0 Å². The summed E-state index contributed by atoms with van der Waals surface area (Å²) in [5.41, 5.74) is 1.77. The SMILES string of the molecule is C#CCNC(=O)c1ccc(CBr)cc1. The van der Waals surface area contributed by atoms with E-state index in [2.05, 4.69) is 27.2 Å². The number of terminal acetylenes is 1. The first-order valence-corrected chi connectivity index (χ1v) is 5.26. The smallest absolute Gasteiger partial charge is 0.252 e. The number of carbonyl (C=O) groups is 1. The molecular formula is C11H10BrNO. The van der Waals surface area contributed by atoms with Crippen LogP contribution in [0.5, 0.6) is 0 Å². The molecule has 0 aliphatic rings. The summed E-state index contributed by atoms with van der Waals surface area (Å²) in [6.07, 6.45) is 5.03. The fraction of sp³-hybridized carbons (Fsp3) is 0.182. The highest BCUT2D eigenvalue weighted by Gasteiger charge is 2.02. The minimum Gasteiger partial charge on any atom is -0.341 e. The number of halogens is 1. The van der Waals surface area contributed by atoms with Gasteiger partial charge in [0.2, 0.25) is 0 Å². The van der Waals surface area contributed by atoms with Gasteiger partial charge in [-0.15, -0.1) is 6.42 Å². The monoisotopic (exact) mass is 251 g/mol. The minimum absolute atomic E-state index is 0.135. The van der Waals surface area contributed by atoms with E-state index in [0.717, 1.165) is 10.9 Å². The van der Waals surface area contributed by atoms with Gasteiger partial charge in [-0.3, -0.25) is 4.79 Å². The third kappa shape index (κ3) is 2.90. The van der Waals surface area contributed by atoms with Crippen LogP contribution in [-0.2, 0) is 5.33 Å². The lowest BCUT2D eigenvalue weighted by molar-refractivity contribution is 0.0958. The molecule has 0 saturated heterocycles. The molecule has 0 aromatic heterocycles. The zero-order valence-electron chi connectivity index (χ0n) is 7.59. The fourth-order valence-corrected chi connectivity index (χ4v) is 1.35. The van der Waals surface area contributed by atoms with Gasteiger partial charge in [0.05, 0.1) is 6.54 Å². The molecule has 0 bridgehead atoms. The molecule has 0 spiro atoms. The van der Waals surface area contributed by atoms with Crippen LogP contribution in [0.4, 0.5) is 0 Å². The lowest BCUT2D eigenvalue weighted by atomic mass is 10.1. The molecule has 0 heterocycles. The highest BCUT2D eigenvalue weighted by molar-refractivity contribution is 9.08. The molecular weight excluding hydrogens is 242 g/mol. The Hall–Kier alpha value is -1.27. The standard InChI is InChI=1S/C11H10BrNO/c1-2-7-13-11(14)10-5-3-9(8-12)4-6-10/h1,3-6H,7-8H2,(H,13,14). The Morgan fingerprint density at radius 3 is 2.57 bits per heavy atom. The summed E-state index contributed by atoms with van der Waals surface area (Å²) in [5, 5.41) is 3.39. The zero-order valence-corrected chi connectivity index (χ0v) is 9.17. The Bertz CT molecular complexity index is 351. The Labute approximate surface area is 91.8 Å². The van der Waals surface area contributed by atoms with Gasteiger partial charge in [0.1, 0.15) is 0 Å². The van der Waals surface area contributed by atoms with Gasteiger partial charge < -0.3 is 5.32 Å². The molecule has 0 radical (unpaired) electrons. The number of hydrogen-bond acceptors (Lipinski definition) is 1. The number of carbonyl (C=O) groups excluding carboxylic acids is 1. The molecule has 0 saturated carbocycles. The number of amides is 1. The summed E-state index contributed by atoms with van der Waals surface area (Å²) in [6.45, 7) is 0.263. The molecule has 0 unspecified atom stereocenters. The second-order valence-corrected chi connectivity index (χ2v) is 3.28. The summed E-state index contributed by atoms with van der Waals surface area (Å²) in [5.74, 6) is 2.22. The summed E-state index contributed by atoms with van der Waals surface area (Å²) >= 11 is 3.33. The first kappa shape index (κ1) is 10.8. The van der Waals surface area contributed by atoms with Crippen molar-refractivity contribution in [2.24, 2.45) is 0 Å². The lowest BCUT2D eigenvalue weighted by Gasteiger charge is -2.01. The van der Waals surface area contributed by atoms with Gasteiger partial charge in [-0.1, -0.05) is 34.0 Å². The van der Waals surface area contributed by atoms with Crippen molar-refractivity contribution in [3.63, 3.8) is 0 Å². The van der Waals surface area contributed by atoms with Gasteiger partial charge in [-0.2, -0.15) is 0 Å². The van der Waals surface area contributed by atoms with E-state index in [0.29, 0.717) is 5.56 Å². The summed E-state index contributed by atoms with van der Waals surface area (Å²) in [4.78, 5) is 11.4. The van der Waals surface area contributed by atoms with E-state index in [1.54, 1.807) is 12.1 Å². The van der Waals surface area contributed by atoms with Crippen LogP contribution in [0.3, 0.4) is 0 Å². The van der Waals surface area contributed by atoms with Gasteiger partial charge in [0.15, 0.2) is 0 Å². The molecule has 0 aliphatic carbocycles. The molecule has 1 aromatic carbocycles. The van der Waals surface area contributed by atoms with Crippen LogP contribution in [0.15, 0.2) is 24.3 Å². The van der Waals surface area contributed by atoms with Crippen LogP contribution in [-0.4, -0.2) is 12.5 Å². The minimum atomic E-state index is -0.135. The summed E-state index contributed by atoms with van der Waals surface area (Å²) in [7, 11) is 0. The highest BCUT2D eigenvalue weighted by Crippen LogP contribution is 2.07. The molecule has 0 aliphatic heterocycles. The van der Waals surface area contributed by atoms with E-state index in [-0.39, 0.29) is 12.5 Å². The number of nitrogens with one attached hydrogen (secondary N) is 1. The third-order valence-electron chi connectivity index (χ3n) is 1.72. The molecule has 1 amide bonds. The van der Waals surface area contributed by atoms with Crippen molar-refractivity contribution in [3.8, 4) is 12.3 Å². The van der Waals surface area contributed by atoms with Crippen molar-refractivity contribution in [2.45, 2.75) is 5.33 Å². The van der Waals surface area contributed by atoms with E-state index in [1.165, 1.54) is 0 Å². The van der Waals surface area contributed by atoms with E-state index >= 15 is 0 Å². The van der Waals surface area contributed by atoms with Crippen LogP contribution in [0.1, 0.15) is 15.9 Å². The fourth-order valence-electron chi connectivity index (χ4n) is 0.979. The Morgan fingerprint density at radius 1 is 1.43 bits per heavy atom. The Kier molecular flexibility index (Phi) is 4.21. The van der Waals surface area contributed by atoms with Crippen molar-refractivity contribution < 1.29 is 4.79 Å². The number of alkyl halides is 1. The molecule has 72 valence electrons. The summed E-state index contributed by atoms with van der Waals surface area (Å²) in [6, 6.07) is 7.37. The average molecular weight is 252 g/mol. The van der Waals surface area contributed by atoms with Gasteiger partial charge in [-0.05, 0) is 17.7 Å². The highest BCUT2D eigenvalue weighted by atomic mass is 79.9. The van der Waals surface area contributed by atoms with Gasteiger partial charge >= 0.3 is 0 Å². The van der Waals surface area contributed by atoms with Crippen molar-refractivity contribution >= 4 is 21.8 Å². The average Bonchev–Trinajstić information content (AvgIpc) is 2.26. The van der Waals surface area contributed by atoms with Crippen LogP contribution in [0, 0.1) is 12.3 Å². The van der Waals surface area contributed by atoms with E-state index < -0.39 is 0 Å². The van der Waals surface area contributed by atoms with Gasteiger partial charge in [0, 0.05) is 10.9 Å². The number of hydrogen-bond donors (Lipinski definition) is 1. The van der Waals surface area contributed by atoms with Gasteiger partial charge in [0.25, 0.3) is 5.91 Å². The first-order valence-electron chi connectivity index (χ1n) is 4.14. The van der Waals surface area contributed by atoms with Crippen LogP contribution >= 0.6 is 15.9 Å². The first-order chi connectivity index (χ1) is 6.77. The zero-order chi connectivity index (χ0) is 10.4. The maximum absolute atomic E-state index is 11.4. The van der Waals surface area contributed by atoms with Crippen molar-refractivity contribution in [1.82, 2.24) is 5.32 Å². The van der Waals surface area contributed by atoms with Crippen LogP contribution < -0.4 is 5.32 Å². The molecule has 3 heteroatoms. The predicted molar refractivity (Wildman–Crippen MR) is 60.2 cm³/mol. The molecule has 1 N–H and O–H groups in total. The number of benzene rings is 1. The largest absolute Gasteiger partial charge is 0.341 e.